The molecule has 2 heteroatoms. The molecule has 0 bridgehead atoms. The molecule has 1 radical (unpaired) electrons. The smallest absolute Gasteiger partial charge is 0.0809 e. The van der Waals surface area contributed by atoms with Gasteiger partial charge in [-0.3, -0.25) is 0 Å². The van der Waals surface area contributed by atoms with Gasteiger partial charge in [-0.05, 0) is 6.42 Å². The molecule has 1 unspecified atom stereocenters. The number of aliphatic hydroxyl groups excluding tert-OH is 1. The first-order valence-electron chi connectivity index (χ1n) is 1.91. The van der Waals surface area contributed by atoms with Crippen molar-refractivity contribution in [2.75, 3.05) is 0 Å². The molecule has 0 spiro atoms. The summed E-state index contributed by atoms with van der Waals surface area (Å²) >= 11 is 3.99. The van der Waals surface area contributed by atoms with E-state index in [0.717, 1.165) is 6.61 Å². The second-order valence-electron chi connectivity index (χ2n) is 1.27. The van der Waals surface area contributed by atoms with Crippen molar-refractivity contribution >= 4 is 12.6 Å². The topological polar surface area (TPSA) is 20.2 Å². The highest BCUT2D eigenvalue weighted by atomic mass is 32.1. The van der Waals surface area contributed by atoms with Crippen LogP contribution in [0.2, 0.25) is 0 Å². The molecular formula is C4H9OS. The highest BCUT2D eigenvalue weighted by Gasteiger charge is 1.88. The zero-order valence-corrected chi connectivity index (χ0v) is 4.65. The van der Waals surface area contributed by atoms with Crippen LogP contribution in [-0.4, -0.2) is 10.4 Å². The minimum atomic E-state index is 0.287. The Labute approximate surface area is 43.8 Å². The molecule has 0 heterocycles. The Morgan fingerprint density at radius 3 is 2.50 bits per heavy atom. The molecule has 0 rings (SSSR count). The molecule has 0 aromatic rings. The van der Waals surface area contributed by atoms with Gasteiger partial charge in [0.15, 0.2) is 0 Å². The number of hydrogen-bond donors (Lipinski definition) is 2. The van der Waals surface area contributed by atoms with Gasteiger partial charge in [0.2, 0.25) is 0 Å². The van der Waals surface area contributed by atoms with Crippen molar-refractivity contribution in [2.24, 2.45) is 0 Å². The lowest BCUT2D eigenvalue weighted by molar-refractivity contribution is 0.375. The lowest BCUT2D eigenvalue weighted by atomic mass is 10.4. The summed E-state index contributed by atoms with van der Waals surface area (Å²) in [5.41, 5.74) is 0. The maximum absolute atomic E-state index is 8.06. The summed E-state index contributed by atoms with van der Waals surface area (Å²) in [6, 6.07) is 0. The van der Waals surface area contributed by atoms with Crippen LogP contribution >= 0.6 is 12.6 Å². The number of rotatable bonds is 2. The van der Waals surface area contributed by atoms with Crippen LogP contribution in [0.1, 0.15) is 13.3 Å². The SMILES string of the molecule is CC(S)C[CH]O. The Kier molecular flexibility index (Phi) is 3.68. The van der Waals surface area contributed by atoms with Crippen LogP contribution in [0.3, 0.4) is 0 Å². The van der Waals surface area contributed by atoms with E-state index in [9.17, 15) is 0 Å². The van der Waals surface area contributed by atoms with Gasteiger partial charge in [-0.1, -0.05) is 6.92 Å². The summed E-state index contributed by atoms with van der Waals surface area (Å²) in [7, 11) is 0. The van der Waals surface area contributed by atoms with E-state index in [4.69, 9.17) is 5.11 Å². The quantitative estimate of drug-likeness (QED) is 0.506. The Bertz CT molecular complexity index is 28.7. The molecular weight excluding hydrogens is 96.1 g/mol. The molecule has 0 aliphatic carbocycles. The van der Waals surface area contributed by atoms with Gasteiger partial charge in [-0.25, -0.2) is 0 Å². The lowest BCUT2D eigenvalue weighted by Crippen LogP contribution is -1.88. The van der Waals surface area contributed by atoms with E-state index in [2.05, 4.69) is 12.6 Å². The van der Waals surface area contributed by atoms with Gasteiger partial charge in [0.25, 0.3) is 0 Å². The van der Waals surface area contributed by atoms with Gasteiger partial charge in [-0.15, -0.1) is 0 Å². The predicted molar refractivity (Wildman–Crippen MR) is 29.3 cm³/mol. The minimum Gasteiger partial charge on any atom is -0.390 e. The van der Waals surface area contributed by atoms with Crippen molar-refractivity contribution in [1.82, 2.24) is 0 Å². The molecule has 6 heavy (non-hydrogen) atoms. The summed E-state index contributed by atoms with van der Waals surface area (Å²) < 4.78 is 0. The Morgan fingerprint density at radius 2 is 2.50 bits per heavy atom. The van der Waals surface area contributed by atoms with E-state index in [-0.39, 0.29) is 5.25 Å². The molecule has 0 saturated carbocycles. The van der Waals surface area contributed by atoms with Crippen molar-refractivity contribution in [3.63, 3.8) is 0 Å². The highest BCUT2D eigenvalue weighted by molar-refractivity contribution is 7.80. The monoisotopic (exact) mass is 105 g/mol. The Balaban J connectivity index is 2.63. The van der Waals surface area contributed by atoms with E-state index < -0.39 is 0 Å². The van der Waals surface area contributed by atoms with E-state index in [1.807, 2.05) is 6.92 Å². The molecule has 0 fully saturated rings. The molecule has 0 aliphatic heterocycles. The molecule has 1 atom stereocenters. The van der Waals surface area contributed by atoms with Crippen molar-refractivity contribution in [3.8, 4) is 0 Å². The van der Waals surface area contributed by atoms with Crippen molar-refractivity contribution in [1.29, 1.82) is 0 Å². The summed E-state index contributed by atoms with van der Waals surface area (Å²) in [6.07, 6.45) is 0.670. The van der Waals surface area contributed by atoms with Gasteiger partial charge in [0.05, 0.1) is 6.61 Å². The number of aliphatic hydroxyl groups is 1. The van der Waals surface area contributed by atoms with Gasteiger partial charge in [0, 0.05) is 5.25 Å². The second-order valence-corrected chi connectivity index (χ2v) is 2.15. The Morgan fingerprint density at radius 1 is 2.00 bits per heavy atom. The van der Waals surface area contributed by atoms with Crippen LogP contribution in [0.4, 0.5) is 0 Å². The average Bonchev–Trinajstić information content (AvgIpc) is 1.35. The third kappa shape index (κ3) is 4.31. The Hall–Kier alpha value is 0.310. The molecule has 0 aromatic carbocycles. The first kappa shape index (κ1) is 6.31. The number of hydrogen-bond acceptors (Lipinski definition) is 2. The van der Waals surface area contributed by atoms with Crippen molar-refractivity contribution < 1.29 is 5.11 Å². The first-order chi connectivity index (χ1) is 2.77. The van der Waals surface area contributed by atoms with Crippen LogP contribution in [-0.2, 0) is 0 Å². The molecule has 37 valence electrons. The van der Waals surface area contributed by atoms with Crippen LogP contribution in [0.25, 0.3) is 0 Å². The lowest BCUT2D eigenvalue weighted by Gasteiger charge is -1.93. The average molecular weight is 105 g/mol. The van der Waals surface area contributed by atoms with Crippen LogP contribution in [0.15, 0.2) is 0 Å². The zero-order valence-electron chi connectivity index (χ0n) is 3.76. The normalized spacial score (nSPS) is 14.5. The predicted octanol–water partition coefficient (Wildman–Crippen LogP) is 1.23. The zero-order chi connectivity index (χ0) is 4.99. The molecule has 0 aromatic heterocycles. The van der Waals surface area contributed by atoms with E-state index in [1.54, 1.807) is 0 Å². The third-order valence-corrected chi connectivity index (χ3v) is 0.657. The van der Waals surface area contributed by atoms with Crippen molar-refractivity contribution in [2.45, 2.75) is 18.6 Å². The van der Waals surface area contributed by atoms with Crippen LogP contribution in [0, 0.1) is 6.61 Å². The van der Waals surface area contributed by atoms with Gasteiger partial charge in [0.1, 0.15) is 0 Å². The summed E-state index contributed by atoms with van der Waals surface area (Å²) in [4.78, 5) is 0. The van der Waals surface area contributed by atoms with E-state index in [0.29, 0.717) is 6.42 Å². The molecule has 0 saturated heterocycles. The minimum absolute atomic E-state index is 0.287. The van der Waals surface area contributed by atoms with Gasteiger partial charge in [-0.2, -0.15) is 12.6 Å². The van der Waals surface area contributed by atoms with Crippen molar-refractivity contribution in [3.05, 3.63) is 6.61 Å². The fourth-order valence-corrected chi connectivity index (χ4v) is 0.247. The summed E-state index contributed by atoms with van der Waals surface area (Å²) in [6.45, 7) is 3.05. The largest absolute Gasteiger partial charge is 0.390 e. The third-order valence-electron chi connectivity index (χ3n) is 0.447. The molecule has 1 N–H and O–H groups in total. The van der Waals surface area contributed by atoms with E-state index >= 15 is 0 Å². The summed E-state index contributed by atoms with van der Waals surface area (Å²) in [5, 5.41) is 8.35. The molecule has 0 aliphatic rings. The van der Waals surface area contributed by atoms with Crippen LogP contribution < -0.4 is 0 Å². The maximum Gasteiger partial charge on any atom is 0.0809 e. The standard InChI is InChI=1S/C4H9OS/c1-4(6)2-3-5/h3-6H,2H2,1H3. The maximum atomic E-state index is 8.06. The van der Waals surface area contributed by atoms with Gasteiger partial charge < -0.3 is 5.11 Å². The molecule has 0 amide bonds. The summed E-state index contributed by atoms with van der Waals surface area (Å²) in [5.74, 6) is 0. The fraction of sp³-hybridized carbons (Fsp3) is 0.750. The van der Waals surface area contributed by atoms with E-state index in [1.165, 1.54) is 0 Å². The first-order valence-corrected chi connectivity index (χ1v) is 2.43. The highest BCUT2D eigenvalue weighted by Crippen LogP contribution is 1.98. The fourth-order valence-electron chi connectivity index (χ4n) is 0.153. The van der Waals surface area contributed by atoms with Crippen LogP contribution in [0.5, 0.6) is 0 Å². The van der Waals surface area contributed by atoms with Gasteiger partial charge >= 0.3 is 0 Å². The second kappa shape index (κ2) is 3.50. The number of thiol groups is 1. The molecule has 1 nitrogen and oxygen atoms in total.